The van der Waals surface area contributed by atoms with Gasteiger partial charge in [0.25, 0.3) is 0 Å². The molecular weight excluding hydrogens is 324 g/mol. The van der Waals surface area contributed by atoms with Crippen LogP contribution in [0.25, 0.3) is 0 Å². The average Bonchev–Trinajstić information content (AvgIpc) is 2.94. The monoisotopic (exact) mass is 344 g/mol. The molecular formula is C15H21ClN2O3S. The maximum atomic E-state index is 12.6. The molecule has 1 aromatic rings. The highest BCUT2D eigenvalue weighted by Gasteiger charge is 2.33. The van der Waals surface area contributed by atoms with Crippen molar-refractivity contribution >= 4 is 33.2 Å². The molecule has 2 rings (SSSR count). The van der Waals surface area contributed by atoms with E-state index in [-0.39, 0.29) is 5.91 Å². The van der Waals surface area contributed by atoms with E-state index in [4.69, 9.17) is 11.6 Å². The summed E-state index contributed by atoms with van der Waals surface area (Å²) in [5.41, 5.74) is 1.21. The molecule has 0 radical (unpaired) electrons. The minimum absolute atomic E-state index is 0.165. The molecule has 122 valence electrons. The molecule has 1 aliphatic heterocycles. The van der Waals surface area contributed by atoms with Crippen LogP contribution in [0.3, 0.4) is 0 Å². The minimum Gasteiger partial charge on any atom is -0.341 e. The zero-order chi connectivity index (χ0) is 16.5. The predicted molar refractivity (Wildman–Crippen MR) is 88.8 cm³/mol. The third kappa shape index (κ3) is 3.55. The predicted octanol–water partition coefficient (Wildman–Crippen LogP) is 2.43. The van der Waals surface area contributed by atoms with Crippen LogP contribution in [0.4, 0.5) is 5.69 Å². The molecule has 7 heteroatoms. The summed E-state index contributed by atoms with van der Waals surface area (Å²) in [6, 6.07) is 4.26. The van der Waals surface area contributed by atoms with Crippen molar-refractivity contribution in [3.05, 3.63) is 28.8 Å². The molecule has 1 unspecified atom stereocenters. The smallest absolute Gasteiger partial charge is 0.246 e. The standard InChI is InChI=1S/C15H21ClN2O3S/c1-11-6-7-13(16)10-14(11)18(22(3,20)21)12(2)15(19)17-8-4-5-9-17/h6-7,10,12H,4-5,8-9H2,1-3H3. The molecule has 0 saturated carbocycles. The number of hydrogen-bond acceptors (Lipinski definition) is 3. The molecule has 5 nitrogen and oxygen atoms in total. The first-order chi connectivity index (χ1) is 10.2. The second kappa shape index (κ2) is 6.46. The summed E-state index contributed by atoms with van der Waals surface area (Å²) in [6.45, 7) is 4.81. The van der Waals surface area contributed by atoms with Gasteiger partial charge in [0.2, 0.25) is 15.9 Å². The van der Waals surface area contributed by atoms with Crippen LogP contribution in [-0.2, 0) is 14.8 Å². The summed E-state index contributed by atoms with van der Waals surface area (Å²) in [6.07, 6.45) is 3.04. The van der Waals surface area contributed by atoms with Gasteiger partial charge in [-0.3, -0.25) is 9.10 Å². The van der Waals surface area contributed by atoms with Crippen molar-refractivity contribution in [2.24, 2.45) is 0 Å². The molecule has 1 atom stereocenters. The van der Waals surface area contributed by atoms with Crippen molar-refractivity contribution in [3.63, 3.8) is 0 Å². The lowest BCUT2D eigenvalue weighted by molar-refractivity contribution is -0.130. The zero-order valence-electron chi connectivity index (χ0n) is 13.0. The van der Waals surface area contributed by atoms with Crippen LogP contribution in [0.5, 0.6) is 0 Å². The fraction of sp³-hybridized carbons (Fsp3) is 0.533. The van der Waals surface area contributed by atoms with Crippen molar-refractivity contribution in [2.75, 3.05) is 23.7 Å². The summed E-state index contributed by atoms with van der Waals surface area (Å²) in [5, 5.41) is 0.440. The summed E-state index contributed by atoms with van der Waals surface area (Å²) >= 11 is 6.01. The largest absolute Gasteiger partial charge is 0.341 e. The lowest BCUT2D eigenvalue weighted by Gasteiger charge is -2.32. The van der Waals surface area contributed by atoms with Gasteiger partial charge in [-0.1, -0.05) is 17.7 Å². The van der Waals surface area contributed by atoms with E-state index in [0.717, 1.165) is 24.7 Å². The second-order valence-corrected chi connectivity index (χ2v) is 7.99. The number of hydrogen-bond donors (Lipinski definition) is 0. The quantitative estimate of drug-likeness (QED) is 0.842. The fourth-order valence-corrected chi connectivity index (χ4v) is 4.18. The van der Waals surface area contributed by atoms with Crippen molar-refractivity contribution in [1.29, 1.82) is 0 Å². The topological polar surface area (TPSA) is 57.7 Å². The van der Waals surface area contributed by atoms with E-state index in [1.807, 2.05) is 0 Å². The van der Waals surface area contributed by atoms with E-state index >= 15 is 0 Å². The van der Waals surface area contributed by atoms with Gasteiger partial charge < -0.3 is 4.90 Å². The summed E-state index contributed by atoms with van der Waals surface area (Å²) < 4.78 is 25.7. The Morgan fingerprint density at radius 1 is 1.32 bits per heavy atom. The first kappa shape index (κ1) is 17.1. The Balaban J connectivity index is 2.42. The van der Waals surface area contributed by atoms with Crippen LogP contribution in [0.1, 0.15) is 25.3 Å². The van der Waals surface area contributed by atoms with E-state index in [2.05, 4.69) is 0 Å². The van der Waals surface area contributed by atoms with Crippen molar-refractivity contribution in [2.45, 2.75) is 32.7 Å². The normalized spacial score (nSPS) is 16.6. The van der Waals surface area contributed by atoms with Gasteiger partial charge in [0, 0.05) is 18.1 Å². The first-order valence-corrected chi connectivity index (χ1v) is 9.49. The molecule has 0 bridgehead atoms. The molecule has 1 saturated heterocycles. The van der Waals surface area contributed by atoms with Crippen molar-refractivity contribution in [1.82, 2.24) is 4.90 Å². The van der Waals surface area contributed by atoms with E-state index in [1.165, 1.54) is 4.31 Å². The highest BCUT2D eigenvalue weighted by Crippen LogP contribution is 2.29. The number of nitrogens with zero attached hydrogens (tertiary/aromatic N) is 2. The van der Waals surface area contributed by atoms with Gasteiger partial charge in [0.15, 0.2) is 0 Å². The van der Waals surface area contributed by atoms with Gasteiger partial charge in [-0.2, -0.15) is 0 Å². The third-order valence-electron chi connectivity index (χ3n) is 3.89. The Bertz CT molecular complexity index is 669. The maximum Gasteiger partial charge on any atom is 0.246 e. The van der Waals surface area contributed by atoms with Crippen LogP contribution < -0.4 is 4.31 Å². The van der Waals surface area contributed by atoms with E-state index in [0.29, 0.717) is 23.8 Å². The zero-order valence-corrected chi connectivity index (χ0v) is 14.6. The van der Waals surface area contributed by atoms with Gasteiger partial charge >= 0.3 is 0 Å². The fourth-order valence-electron chi connectivity index (χ4n) is 2.80. The van der Waals surface area contributed by atoms with E-state index in [9.17, 15) is 13.2 Å². The van der Waals surface area contributed by atoms with Gasteiger partial charge in [0.1, 0.15) is 6.04 Å². The van der Waals surface area contributed by atoms with Crippen molar-refractivity contribution < 1.29 is 13.2 Å². The summed E-state index contributed by atoms with van der Waals surface area (Å²) in [5.74, 6) is -0.165. The molecule has 1 amide bonds. The SMILES string of the molecule is Cc1ccc(Cl)cc1N(C(C)C(=O)N1CCCC1)S(C)(=O)=O. The number of amides is 1. The lowest BCUT2D eigenvalue weighted by Crippen LogP contribution is -2.49. The minimum atomic E-state index is -3.60. The number of benzene rings is 1. The average molecular weight is 345 g/mol. The van der Waals surface area contributed by atoms with Gasteiger partial charge in [-0.25, -0.2) is 8.42 Å². The van der Waals surface area contributed by atoms with E-state index in [1.54, 1.807) is 36.9 Å². The number of anilines is 1. The van der Waals surface area contributed by atoms with Crippen molar-refractivity contribution in [3.8, 4) is 0 Å². The molecule has 0 spiro atoms. The molecule has 0 aliphatic carbocycles. The number of aryl methyl sites for hydroxylation is 1. The van der Waals surface area contributed by atoms with Crippen LogP contribution in [0.2, 0.25) is 5.02 Å². The lowest BCUT2D eigenvalue weighted by atomic mass is 10.1. The highest BCUT2D eigenvalue weighted by atomic mass is 35.5. The van der Waals surface area contributed by atoms with Gasteiger partial charge in [-0.05, 0) is 44.4 Å². The third-order valence-corrected chi connectivity index (χ3v) is 5.36. The summed E-state index contributed by atoms with van der Waals surface area (Å²) in [4.78, 5) is 14.3. The van der Waals surface area contributed by atoms with Gasteiger partial charge in [0.05, 0.1) is 11.9 Å². The second-order valence-electron chi connectivity index (χ2n) is 5.70. The Morgan fingerprint density at radius 3 is 2.45 bits per heavy atom. The van der Waals surface area contributed by atoms with E-state index < -0.39 is 16.1 Å². The number of carbonyl (C=O) groups is 1. The summed E-state index contributed by atoms with van der Waals surface area (Å²) in [7, 11) is -3.60. The highest BCUT2D eigenvalue weighted by molar-refractivity contribution is 7.92. The molecule has 0 N–H and O–H groups in total. The Kier molecular flexibility index (Phi) is 5.02. The van der Waals surface area contributed by atoms with Crippen LogP contribution in [0.15, 0.2) is 18.2 Å². The molecule has 1 fully saturated rings. The molecule has 0 aromatic heterocycles. The van der Waals surface area contributed by atoms with Crippen LogP contribution in [-0.4, -0.2) is 44.6 Å². The number of sulfonamides is 1. The maximum absolute atomic E-state index is 12.6. The number of rotatable bonds is 4. The molecule has 1 heterocycles. The number of likely N-dealkylation sites (tertiary alicyclic amines) is 1. The Hall–Kier alpha value is -1.27. The molecule has 22 heavy (non-hydrogen) atoms. The Morgan fingerprint density at radius 2 is 1.91 bits per heavy atom. The number of carbonyl (C=O) groups excluding carboxylic acids is 1. The van der Waals surface area contributed by atoms with Crippen LogP contribution in [0, 0.1) is 6.92 Å². The van der Waals surface area contributed by atoms with Gasteiger partial charge in [-0.15, -0.1) is 0 Å². The Labute approximate surface area is 136 Å². The molecule has 1 aromatic carbocycles. The van der Waals surface area contributed by atoms with Crippen LogP contribution >= 0.6 is 11.6 Å². The number of halogens is 1. The molecule has 1 aliphatic rings. The first-order valence-electron chi connectivity index (χ1n) is 7.26.